The second-order valence-electron chi connectivity index (χ2n) is 4.03. The van der Waals surface area contributed by atoms with Crippen LogP contribution in [-0.4, -0.2) is 9.97 Å². The third kappa shape index (κ3) is 3.01. The molecule has 2 rings (SSSR count). The van der Waals surface area contributed by atoms with Gasteiger partial charge in [0.1, 0.15) is 0 Å². The summed E-state index contributed by atoms with van der Waals surface area (Å²) in [5.41, 5.74) is 0.662. The van der Waals surface area contributed by atoms with Gasteiger partial charge in [-0.05, 0) is 18.1 Å². The lowest BCUT2D eigenvalue weighted by atomic mass is 10.1. The molecule has 0 spiro atoms. The van der Waals surface area contributed by atoms with E-state index in [0.29, 0.717) is 5.56 Å². The molecule has 0 saturated carbocycles. The molecule has 3 nitrogen and oxygen atoms in total. The van der Waals surface area contributed by atoms with Crippen LogP contribution in [0.15, 0.2) is 35.1 Å². The molecule has 19 heavy (non-hydrogen) atoms. The van der Waals surface area contributed by atoms with E-state index in [2.05, 4.69) is 4.98 Å². The fraction of sp³-hybridized carbons (Fsp3) is 0.231. The van der Waals surface area contributed by atoms with E-state index in [0.717, 1.165) is 18.1 Å². The molecule has 0 aliphatic rings. The summed E-state index contributed by atoms with van der Waals surface area (Å²) in [7, 11) is 0. The number of benzene rings is 1. The predicted molar refractivity (Wildman–Crippen MR) is 64.7 cm³/mol. The van der Waals surface area contributed by atoms with Crippen molar-refractivity contribution in [3.63, 3.8) is 0 Å². The van der Waals surface area contributed by atoms with E-state index >= 15 is 0 Å². The van der Waals surface area contributed by atoms with Crippen molar-refractivity contribution in [1.82, 2.24) is 9.97 Å². The van der Waals surface area contributed by atoms with Gasteiger partial charge < -0.3 is 4.98 Å². The molecule has 0 unspecified atom stereocenters. The number of rotatable bonds is 2. The molecule has 0 aliphatic heterocycles. The molecule has 0 aliphatic carbocycles. The number of nitrogens with one attached hydrogen (secondary N) is 1. The minimum absolute atomic E-state index is 0.0198. The van der Waals surface area contributed by atoms with Gasteiger partial charge in [0.25, 0.3) is 5.56 Å². The molecule has 6 heteroatoms. The summed E-state index contributed by atoms with van der Waals surface area (Å²) in [6.07, 6.45) is -3.92. The highest BCUT2D eigenvalue weighted by atomic mass is 19.4. The second-order valence-corrected chi connectivity index (χ2v) is 4.03. The molecule has 0 amide bonds. The van der Waals surface area contributed by atoms with Crippen molar-refractivity contribution in [3.05, 3.63) is 52.1 Å². The normalized spacial score (nSPS) is 11.6. The maximum Gasteiger partial charge on any atom is 0.449 e. The van der Waals surface area contributed by atoms with Gasteiger partial charge in [0.15, 0.2) is 0 Å². The molecule has 2 aromatic rings. The molecular formula is C13H11F3N2O. The van der Waals surface area contributed by atoms with E-state index in [1.807, 2.05) is 13.0 Å². The summed E-state index contributed by atoms with van der Waals surface area (Å²) in [6, 6.07) is 8.00. The number of aromatic nitrogens is 2. The topological polar surface area (TPSA) is 45.8 Å². The van der Waals surface area contributed by atoms with E-state index < -0.39 is 17.6 Å². The van der Waals surface area contributed by atoms with Crippen molar-refractivity contribution < 1.29 is 13.2 Å². The summed E-state index contributed by atoms with van der Waals surface area (Å²) in [4.78, 5) is 16.5. The summed E-state index contributed by atoms with van der Waals surface area (Å²) in [5, 5.41) is 0. The Morgan fingerprint density at radius 3 is 2.63 bits per heavy atom. The van der Waals surface area contributed by atoms with Crippen molar-refractivity contribution in [2.45, 2.75) is 19.5 Å². The van der Waals surface area contributed by atoms with Crippen LogP contribution in [-0.2, 0) is 12.6 Å². The fourth-order valence-electron chi connectivity index (χ4n) is 1.69. The standard InChI is InChI=1S/C13H11F3N2O/c1-2-8-4-3-5-9(6-8)10-7-11(19)18-12(17-10)13(14,15)16/h3-7H,2H2,1H3,(H,17,18,19). The largest absolute Gasteiger partial charge is 0.449 e. The quantitative estimate of drug-likeness (QED) is 0.910. The number of alkyl halides is 3. The van der Waals surface area contributed by atoms with Crippen LogP contribution >= 0.6 is 0 Å². The second kappa shape index (κ2) is 4.87. The molecule has 1 N–H and O–H groups in total. The minimum atomic E-state index is -4.67. The van der Waals surface area contributed by atoms with Crippen molar-refractivity contribution in [1.29, 1.82) is 0 Å². The Labute approximate surface area is 107 Å². The number of hydrogen-bond donors (Lipinski definition) is 1. The number of H-pyrrole nitrogens is 1. The first kappa shape index (κ1) is 13.3. The number of aromatic amines is 1. The van der Waals surface area contributed by atoms with Crippen LogP contribution in [0.3, 0.4) is 0 Å². The zero-order valence-electron chi connectivity index (χ0n) is 10.1. The van der Waals surface area contributed by atoms with Gasteiger partial charge in [-0.1, -0.05) is 25.1 Å². The van der Waals surface area contributed by atoms with E-state index in [-0.39, 0.29) is 5.69 Å². The van der Waals surface area contributed by atoms with E-state index in [9.17, 15) is 18.0 Å². The van der Waals surface area contributed by atoms with Gasteiger partial charge in [0.05, 0.1) is 5.69 Å². The molecule has 1 aromatic heterocycles. The average molecular weight is 268 g/mol. The molecule has 1 heterocycles. The van der Waals surface area contributed by atoms with E-state index in [1.165, 1.54) is 0 Å². The first-order valence-corrected chi connectivity index (χ1v) is 5.68. The highest BCUT2D eigenvalue weighted by Crippen LogP contribution is 2.27. The number of nitrogens with zero attached hydrogens (tertiary/aromatic N) is 1. The highest BCUT2D eigenvalue weighted by molar-refractivity contribution is 5.59. The summed E-state index contributed by atoms with van der Waals surface area (Å²) >= 11 is 0. The third-order valence-electron chi connectivity index (χ3n) is 2.64. The predicted octanol–water partition coefficient (Wildman–Crippen LogP) is 3.02. The smallest absolute Gasteiger partial charge is 0.303 e. The lowest BCUT2D eigenvalue weighted by molar-refractivity contribution is -0.145. The summed E-state index contributed by atoms with van der Waals surface area (Å²) in [6.45, 7) is 1.94. The van der Waals surface area contributed by atoms with Crippen LogP contribution < -0.4 is 5.56 Å². The Hall–Kier alpha value is -2.11. The van der Waals surface area contributed by atoms with Gasteiger partial charge in [0, 0.05) is 11.6 Å². The monoisotopic (exact) mass is 268 g/mol. The first-order chi connectivity index (χ1) is 8.90. The summed E-state index contributed by atoms with van der Waals surface area (Å²) < 4.78 is 37.7. The third-order valence-corrected chi connectivity index (χ3v) is 2.64. The highest BCUT2D eigenvalue weighted by Gasteiger charge is 2.34. The summed E-state index contributed by atoms with van der Waals surface area (Å²) in [5.74, 6) is -1.28. The molecule has 0 radical (unpaired) electrons. The number of halogens is 3. The van der Waals surface area contributed by atoms with Crippen LogP contribution in [0.4, 0.5) is 13.2 Å². The zero-order chi connectivity index (χ0) is 14.0. The van der Waals surface area contributed by atoms with E-state index in [1.54, 1.807) is 23.2 Å². The van der Waals surface area contributed by atoms with Gasteiger partial charge in [0.2, 0.25) is 5.82 Å². The van der Waals surface area contributed by atoms with Crippen LogP contribution in [0, 0.1) is 0 Å². The maximum atomic E-state index is 12.6. The Bertz CT molecular complexity index is 647. The van der Waals surface area contributed by atoms with Crippen molar-refractivity contribution in [2.24, 2.45) is 0 Å². The average Bonchev–Trinajstić information content (AvgIpc) is 2.37. The van der Waals surface area contributed by atoms with Crippen molar-refractivity contribution in [2.75, 3.05) is 0 Å². The Kier molecular flexibility index (Phi) is 3.42. The molecule has 1 aromatic carbocycles. The van der Waals surface area contributed by atoms with E-state index in [4.69, 9.17) is 0 Å². The molecular weight excluding hydrogens is 257 g/mol. The minimum Gasteiger partial charge on any atom is -0.303 e. The van der Waals surface area contributed by atoms with Crippen molar-refractivity contribution >= 4 is 0 Å². The zero-order valence-corrected chi connectivity index (χ0v) is 10.1. The molecule has 0 saturated heterocycles. The molecule has 0 fully saturated rings. The van der Waals surface area contributed by atoms with Crippen LogP contribution in [0.2, 0.25) is 0 Å². The number of aryl methyl sites for hydroxylation is 1. The fourth-order valence-corrected chi connectivity index (χ4v) is 1.69. The maximum absolute atomic E-state index is 12.6. The van der Waals surface area contributed by atoms with Gasteiger partial charge in [-0.25, -0.2) is 4.98 Å². The van der Waals surface area contributed by atoms with Gasteiger partial charge >= 0.3 is 6.18 Å². The van der Waals surface area contributed by atoms with Crippen LogP contribution in [0.1, 0.15) is 18.3 Å². The van der Waals surface area contributed by atoms with Gasteiger partial charge in [-0.15, -0.1) is 0 Å². The Morgan fingerprint density at radius 2 is 2.00 bits per heavy atom. The lowest BCUT2D eigenvalue weighted by Gasteiger charge is -2.08. The van der Waals surface area contributed by atoms with Crippen LogP contribution in [0.25, 0.3) is 11.3 Å². The van der Waals surface area contributed by atoms with Crippen molar-refractivity contribution in [3.8, 4) is 11.3 Å². The van der Waals surface area contributed by atoms with Gasteiger partial charge in [-0.3, -0.25) is 4.79 Å². The number of hydrogen-bond acceptors (Lipinski definition) is 2. The lowest BCUT2D eigenvalue weighted by Crippen LogP contribution is -2.18. The van der Waals surface area contributed by atoms with Crippen LogP contribution in [0.5, 0.6) is 0 Å². The SMILES string of the molecule is CCc1cccc(-c2cc(=O)[nH]c(C(F)(F)F)n2)c1. The Balaban J connectivity index is 2.56. The molecule has 100 valence electrons. The first-order valence-electron chi connectivity index (χ1n) is 5.68. The molecule has 0 atom stereocenters. The van der Waals surface area contributed by atoms with Gasteiger partial charge in [-0.2, -0.15) is 13.2 Å². The Morgan fingerprint density at radius 1 is 1.26 bits per heavy atom. The molecule has 0 bridgehead atoms.